The summed E-state index contributed by atoms with van der Waals surface area (Å²) in [6.45, 7) is 1.89. The van der Waals surface area contributed by atoms with E-state index in [1.165, 1.54) is 0 Å². The zero-order valence-electron chi connectivity index (χ0n) is 9.49. The predicted molar refractivity (Wildman–Crippen MR) is 57.1 cm³/mol. The zero-order chi connectivity index (χ0) is 11.0. The SMILES string of the molecule is CN(C)CCCN(C)C(=O)CCCO. The molecule has 0 bridgehead atoms. The van der Waals surface area contributed by atoms with Crippen LogP contribution in [0, 0.1) is 0 Å². The Labute approximate surface area is 86.5 Å². The monoisotopic (exact) mass is 202 g/mol. The maximum absolute atomic E-state index is 11.4. The Kier molecular flexibility index (Phi) is 7.42. The van der Waals surface area contributed by atoms with Crippen LogP contribution >= 0.6 is 0 Å². The van der Waals surface area contributed by atoms with Crippen molar-refractivity contribution in [2.45, 2.75) is 19.3 Å². The van der Waals surface area contributed by atoms with Crippen molar-refractivity contribution in [2.75, 3.05) is 40.8 Å². The van der Waals surface area contributed by atoms with Crippen LogP contribution in [0.2, 0.25) is 0 Å². The topological polar surface area (TPSA) is 43.8 Å². The number of hydrogen-bond acceptors (Lipinski definition) is 3. The molecule has 14 heavy (non-hydrogen) atoms. The molecule has 0 radical (unpaired) electrons. The van der Waals surface area contributed by atoms with E-state index in [9.17, 15) is 4.79 Å². The fourth-order valence-electron chi connectivity index (χ4n) is 1.17. The highest BCUT2D eigenvalue weighted by Crippen LogP contribution is 1.96. The number of carbonyl (C=O) groups excluding carboxylic acids is 1. The molecule has 0 aromatic carbocycles. The summed E-state index contributed by atoms with van der Waals surface area (Å²) >= 11 is 0. The van der Waals surface area contributed by atoms with Gasteiger partial charge >= 0.3 is 0 Å². The van der Waals surface area contributed by atoms with Gasteiger partial charge in [0.25, 0.3) is 0 Å². The Balaban J connectivity index is 3.51. The molecule has 0 aliphatic rings. The van der Waals surface area contributed by atoms with Crippen LogP contribution in [-0.4, -0.2) is 61.7 Å². The minimum Gasteiger partial charge on any atom is -0.396 e. The first-order valence-electron chi connectivity index (χ1n) is 5.07. The molecule has 1 N–H and O–H groups in total. The van der Waals surface area contributed by atoms with Gasteiger partial charge in [-0.05, 0) is 33.5 Å². The van der Waals surface area contributed by atoms with Crippen molar-refractivity contribution in [1.82, 2.24) is 9.80 Å². The maximum Gasteiger partial charge on any atom is 0.222 e. The van der Waals surface area contributed by atoms with E-state index in [1.54, 1.807) is 4.90 Å². The second-order valence-electron chi connectivity index (χ2n) is 3.80. The van der Waals surface area contributed by atoms with Crippen LogP contribution < -0.4 is 0 Å². The molecule has 0 aromatic rings. The van der Waals surface area contributed by atoms with Crippen LogP contribution in [0.25, 0.3) is 0 Å². The molecule has 0 fully saturated rings. The van der Waals surface area contributed by atoms with E-state index in [2.05, 4.69) is 4.90 Å². The molecule has 4 heteroatoms. The molecule has 0 spiro atoms. The lowest BCUT2D eigenvalue weighted by molar-refractivity contribution is -0.130. The van der Waals surface area contributed by atoms with Crippen molar-refractivity contribution in [3.05, 3.63) is 0 Å². The average Bonchev–Trinajstić information content (AvgIpc) is 2.13. The molecule has 0 aliphatic heterocycles. The van der Waals surface area contributed by atoms with Crippen molar-refractivity contribution >= 4 is 5.91 Å². The van der Waals surface area contributed by atoms with Gasteiger partial charge in [0.05, 0.1) is 0 Å². The minimum atomic E-state index is 0.0945. The minimum absolute atomic E-state index is 0.0945. The highest BCUT2D eigenvalue weighted by molar-refractivity contribution is 5.75. The first-order valence-corrected chi connectivity index (χ1v) is 5.07. The maximum atomic E-state index is 11.4. The van der Waals surface area contributed by atoms with Gasteiger partial charge in [0.2, 0.25) is 5.91 Å². The number of rotatable bonds is 7. The van der Waals surface area contributed by atoms with Crippen molar-refractivity contribution < 1.29 is 9.90 Å². The first-order chi connectivity index (χ1) is 6.57. The fourth-order valence-corrected chi connectivity index (χ4v) is 1.17. The average molecular weight is 202 g/mol. The third-order valence-electron chi connectivity index (χ3n) is 2.07. The highest BCUT2D eigenvalue weighted by Gasteiger charge is 2.07. The molecule has 0 aromatic heterocycles. The van der Waals surface area contributed by atoms with E-state index in [-0.39, 0.29) is 12.5 Å². The number of amides is 1. The third kappa shape index (κ3) is 6.86. The lowest BCUT2D eigenvalue weighted by Gasteiger charge is -2.18. The number of nitrogens with zero attached hydrogens (tertiary/aromatic N) is 2. The van der Waals surface area contributed by atoms with Crippen LogP contribution in [0.15, 0.2) is 0 Å². The molecule has 84 valence electrons. The Bertz CT molecular complexity index is 160. The van der Waals surface area contributed by atoms with Gasteiger partial charge in [-0.3, -0.25) is 4.79 Å². The lowest BCUT2D eigenvalue weighted by Crippen LogP contribution is -2.29. The molecule has 0 rings (SSSR count). The van der Waals surface area contributed by atoms with Gasteiger partial charge in [0, 0.05) is 26.6 Å². The smallest absolute Gasteiger partial charge is 0.222 e. The molecule has 0 aliphatic carbocycles. The first kappa shape index (κ1) is 13.4. The summed E-state index contributed by atoms with van der Waals surface area (Å²) in [6, 6.07) is 0. The predicted octanol–water partition coefficient (Wildman–Crippen LogP) is 0.169. The quantitative estimate of drug-likeness (QED) is 0.640. The summed E-state index contributed by atoms with van der Waals surface area (Å²) in [5.74, 6) is 0.123. The largest absolute Gasteiger partial charge is 0.396 e. The van der Waals surface area contributed by atoms with Gasteiger partial charge in [-0.25, -0.2) is 0 Å². The third-order valence-corrected chi connectivity index (χ3v) is 2.07. The second-order valence-corrected chi connectivity index (χ2v) is 3.80. The highest BCUT2D eigenvalue weighted by atomic mass is 16.3. The number of aliphatic hydroxyl groups excluding tert-OH is 1. The molecular weight excluding hydrogens is 180 g/mol. The zero-order valence-corrected chi connectivity index (χ0v) is 9.49. The van der Waals surface area contributed by atoms with Crippen LogP contribution in [0.1, 0.15) is 19.3 Å². The molecular formula is C10H22N2O2. The summed E-state index contributed by atoms with van der Waals surface area (Å²) < 4.78 is 0. The molecule has 0 atom stereocenters. The van der Waals surface area contributed by atoms with Gasteiger partial charge in [0.1, 0.15) is 0 Å². The van der Waals surface area contributed by atoms with E-state index in [4.69, 9.17) is 5.11 Å². The van der Waals surface area contributed by atoms with Crippen molar-refractivity contribution in [3.63, 3.8) is 0 Å². The van der Waals surface area contributed by atoms with Crippen LogP contribution in [0.5, 0.6) is 0 Å². The Morgan fingerprint density at radius 2 is 1.79 bits per heavy atom. The van der Waals surface area contributed by atoms with E-state index < -0.39 is 0 Å². The van der Waals surface area contributed by atoms with E-state index in [0.717, 1.165) is 19.5 Å². The number of carbonyl (C=O) groups is 1. The number of hydrogen-bond donors (Lipinski definition) is 1. The van der Waals surface area contributed by atoms with Gasteiger partial charge in [0.15, 0.2) is 0 Å². The Morgan fingerprint density at radius 3 is 2.29 bits per heavy atom. The van der Waals surface area contributed by atoms with Crippen molar-refractivity contribution in [1.29, 1.82) is 0 Å². The normalized spacial score (nSPS) is 10.6. The van der Waals surface area contributed by atoms with Gasteiger partial charge in [-0.2, -0.15) is 0 Å². The second kappa shape index (κ2) is 7.76. The summed E-state index contributed by atoms with van der Waals surface area (Å²) in [7, 11) is 5.86. The number of aliphatic hydroxyl groups is 1. The molecule has 0 saturated carbocycles. The summed E-state index contributed by atoms with van der Waals surface area (Å²) in [6.07, 6.45) is 2.01. The molecule has 0 saturated heterocycles. The standard InChI is InChI=1S/C10H22N2O2/c1-11(2)7-5-8-12(3)10(14)6-4-9-13/h13H,4-9H2,1-3H3. The van der Waals surface area contributed by atoms with Gasteiger partial charge in [-0.1, -0.05) is 0 Å². The van der Waals surface area contributed by atoms with Gasteiger partial charge in [-0.15, -0.1) is 0 Å². The van der Waals surface area contributed by atoms with Crippen molar-refractivity contribution in [3.8, 4) is 0 Å². The summed E-state index contributed by atoms with van der Waals surface area (Å²) in [5, 5.41) is 8.57. The van der Waals surface area contributed by atoms with Gasteiger partial charge < -0.3 is 14.9 Å². The van der Waals surface area contributed by atoms with Crippen LogP contribution in [0.4, 0.5) is 0 Å². The van der Waals surface area contributed by atoms with Crippen molar-refractivity contribution in [2.24, 2.45) is 0 Å². The van der Waals surface area contributed by atoms with E-state index in [0.29, 0.717) is 12.8 Å². The summed E-state index contributed by atoms with van der Waals surface area (Å²) in [5.41, 5.74) is 0. The van der Waals surface area contributed by atoms with Crippen LogP contribution in [0.3, 0.4) is 0 Å². The lowest BCUT2D eigenvalue weighted by atomic mass is 10.3. The molecule has 1 amide bonds. The van der Waals surface area contributed by atoms with E-state index >= 15 is 0 Å². The molecule has 0 heterocycles. The fraction of sp³-hybridized carbons (Fsp3) is 0.900. The Hall–Kier alpha value is -0.610. The van der Waals surface area contributed by atoms with Crippen LogP contribution in [-0.2, 0) is 4.79 Å². The van der Waals surface area contributed by atoms with E-state index in [1.807, 2.05) is 21.1 Å². The Morgan fingerprint density at radius 1 is 1.14 bits per heavy atom. The summed E-state index contributed by atoms with van der Waals surface area (Å²) in [4.78, 5) is 15.2. The molecule has 4 nitrogen and oxygen atoms in total. The molecule has 0 unspecified atom stereocenters.